The number of Topliss-reactive ketones (excluding diaryl/α,β-unsaturated/α-hetero) is 1. The molecule has 142 valence electrons. The fourth-order valence-corrected chi connectivity index (χ4v) is 4.07. The van der Waals surface area contributed by atoms with Crippen molar-refractivity contribution in [3.8, 4) is 5.69 Å². The maximum atomic E-state index is 13.2. The van der Waals surface area contributed by atoms with Gasteiger partial charge in [-0.3, -0.25) is 9.59 Å². The minimum absolute atomic E-state index is 0.398. The molecule has 1 aromatic heterocycles. The van der Waals surface area contributed by atoms with Gasteiger partial charge in [0.1, 0.15) is 0 Å². The first-order valence-corrected chi connectivity index (χ1v) is 9.55. The lowest BCUT2D eigenvalue weighted by Gasteiger charge is -2.30. The molecule has 1 amide bonds. The minimum Gasteiger partial charge on any atom is -0.305 e. The molecule has 2 aromatic carbocycles. The Morgan fingerprint density at radius 2 is 1.71 bits per heavy atom. The van der Waals surface area contributed by atoms with Crippen molar-refractivity contribution in [2.45, 2.75) is 33.6 Å². The summed E-state index contributed by atoms with van der Waals surface area (Å²) in [4.78, 5) is 28.1. The molecule has 1 aliphatic rings. The number of carbonyl (C=O) groups is 2. The molecule has 0 spiro atoms. The summed E-state index contributed by atoms with van der Waals surface area (Å²) in [5.41, 5.74) is 5.56. The quantitative estimate of drug-likeness (QED) is 0.516. The van der Waals surface area contributed by atoms with E-state index in [1.807, 2.05) is 62.4 Å². The molecule has 0 bridgehead atoms. The van der Waals surface area contributed by atoms with Crippen LogP contribution in [0.4, 0.5) is 5.69 Å². The molecule has 0 unspecified atom stereocenters. The van der Waals surface area contributed by atoms with Gasteiger partial charge in [0.15, 0.2) is 0 Å². The predicted octanol–water partition coefficient (Wildman–Crippen LogP) is 3.96. The van der Waals surface area contributed by atoms with Gasteiger partial charge in [-0.1, -0.05) is 36.4 Å². The molecule has 0 N–H and O–H groups in total. The van der Waals surface area contributed by atoms with Crippen molar-refractivity contribution >= 4 is 17.4 Å². The second-order valence-electron chi connectivity index (χ2n) is 7.27. The lowest BCUT2D eigenvalue weighted by Crippen LogP contribution is -2.40. The molecule has 0 aliphatic carbocycles. The van der Waals surface area contributed by atoms with Crippen molar-refractivity contribution in [2.24, 2.45) is 0 Å². The number of aryl methyl sites for hydroxylation is 3. The molecule has 0 saturated carbocycles. The molecule has 0 fully saturated rings. The highest BCUT2D eigenvalue weighted by atomic mass is 16.2. The van der Waals surface area contributed by atoms with E-state index in [0.29, 0.717) is 23.5 Å². The summed E-state index contributed by atoms with van der Waals surface area (Å²) in [6.45, 7) is 6.16. The molecule has 0 radical (unpaired) electrons. The summed E-state index contributed by atoms with van der Waals surface area (Å²) in [6, 6.07) is 15.7. The van der Waals surface area contributed by atoms with Crippen molar-refractivity contribution in [2.75, 3.05) is 11.4 Å². The van der Waals surface area contributed by atoms with E-state index < -0.39 is 11.7 Å². The third-order valence-corrected chi connectivity index (χ3v) is 5.38. The van der Waals surface area contributed by atoms with Gasteiger partial charge in [-0.15, -0.1) is 0 Å². The third kappa shape index (κ3) is 2.93. The Balaban J connectivity index is 1.72. The Morgan fingerprint density at radius 3 is 2.46 bits per heavy atom. The maximum Gasteiger partial charge on any atom is 0.299 e. The average Bonchev–Trinajstić information content (AvgIpc) is 3.01. The summed E-state index contributed by atoms with van der Waals surface area (Å²) >= 11 is 0. The molecule has 0 saturated heterocycles. The van der Waals surface area contributed by atoms with Crippen LogP contribution in [0.2, 0.25) is 0 Å². The van der Waals surface area contributed by atoms with Gasteiger partial charge in [-0.25, -0.2) is 4.68 Å². The number of aromatic nitrogens is 2. The molecule has 5 heteroatoms. The van der Waals surface area contributed by atoms with Crippen LogP contribution in [0, 0.1) is 20.8 Å². The number of para-hydroxylation sites is 2. The zero-order chi connectivity index (χ0) is 19.8. The number of rotatable bonds is 3. The predicted molar refractivity (Wildman–Crippen MR) is 109 cm³/mol. The zero-order valence-corrected chi connectivity index (χ0v) is 16.4. The Bertz CT molecular complexity index is 1070. The standard InChI is InChI=1S/C23H23N3O2/c1-15-9-7-10-18-11-8-14-25(21(15)18)23(28)22(27)20-16(2)24-26(17(20)3)19-12-5-4-6-13-19/h4-7,9-10,12-13H,8,11,14H2,1-3H3. The summed E-state index contributed by atoms with van der Waals surface area (Å²) in [5, 5.41) is 4.52. The van der Waals surface area contributed by atoms with Gasteiger partial charge in [0, 0.05) is 6.54 Å². The Labute approximate surface area is 164 Å². The monoisotopic (exact) mass is 373 g/mol. The number of carbonyl (C=O) groups excluding carboxylic acids is 2. The van der Waals surface area contributed by atoms with E-state index in [0.717, 1.165) is 35.3 Å². The van der Waals surface area contributed by atoms with Crippen LogP contribution >= 0.6 is 0 Å². The van der Waals surface area contributed by atoms with Crippen molar-refractivity contribution in [3.63, 3.8) is 0 Å². The summed E-state index contributed by atoms with van der Waals surface area (Å²) in [6.07, 6.45) is 1.79. The van der Waals surface area contributed by atoms with Gasteiger partial charge in [0.25, 0.3) is 11.7 Å². The van der Waals surface area contributed by atoms with Crippen LogP contribution in [0.25, 0.3) is 5.69 Å². The molecule has 3 aromatic rings. The number of benzene rings is 2. The molecule has 1 aliphatic heterocycles. The van der Waals surface area contributed by atoms with Gasteiger partial charge in [-0.2, -0.15) is 5.10 Å². The van der Waals surface area contributed by atoms with Gasteiger partial charge in [0.2, 0.25) is 0 Å². The highest BCUT2D eigenvalue weighted by Crippen LogP contribution is 2.31. The Kier molecular flexibility index (Phi) is 4.59. The van der Waals surface area contributed by atoms with Crippen LogP contribution in [-0.2, 0) is 11.2 Å². The van der Waals surface area contributed by atoms with Crippen LogP contribution in [0.15, 0.2) is 48.5 Å². The first-order chi connectivity index (χ1) is 13.5. The fourth-order valence-electron chi connectivity index (χ4n) is 4.07. The molecule has 5 nitrogen and oxygen atoms in total. The summed E-state index contributed by atoms with van der Waals surface area (Å²) in [5.74, 6) is -0.970. The number of amides is 1. The van der Waals surface area contributed by atoms with Crippen molar-refractivity contribution in [3.05, 3.63) is 76.6 Å². The zero-order valence-electron chi connectivity index (χ0n) is 16.4. The van der Waals surface area contributed by atoms with E-state index in [4.69, 9.17) is 0 Å². The smallest absolute Gasteiger partial charge is 0.299 e. The molecular weight excluding hydrogens is 350 g/mol. The summed E-state index contributed by atoms with van der Waals surface area (Å²) in [7, 11) is 0. The highest BCUT2D eigenvalue weighted by Gasteiger charge is 2.32. The first kappa shape index (κ1) is 18.2. The SMILES string of the molecule is Cc1cccc2c1N(C(=O)C(=O)c1c(C)nn(-c3ccccc3)c1C)CCC2. The van der Waals surface area contributed by atoms with E-state index in [2.05, 4.69) is 5.10 Å². The second kappa shape index (κ2) is 7.08. The normalized spacial score (nSPS) is 13.3. The van der Waals surface area contributed by atoms with E-state index in [1.165, 1.54) is 0 Å². The minimum atomic E-state index is -0.492. The lowest BCUT2D eigenvalue weighted by atomic mass is 9.97. The van der Waals surface area contributed by atoms with E-state index in [9.17, 15) is 9.59 Å². The molecule has 0 atom stereocenters. The largest absolute Gasteiger partial charge is 0.305 e. The van der Waals surface area contributed by atoms with Gasteiger partial charge in [-0.05, 0) is 56.9 Å². The van der Waals surface area contributed by atoms with Crippen molar-refractivity contribution in [1.29, 1.82) is 0 Å². The number of hydrogen-bond donors (Lipinski definition) is 0. The Hall–Kier alpha value is -3.21. The van der Waals surface area contributed by atoms with E-state index in [1.54, 1.807) is 16.5 Å². The van der Waals surface area contributed by atoms with Crippen LogP contribution in [0.3, 0.4) is 0 Å². The van der Waals surface area contributed by atoms with Crippen molar-refractivity contribution in [1.82, 2.24) is 9.78 Å². The highest BCUT2D eigenvalue weighted by molar-refractivity contribution is 6.47. The maximum absolute atomic E-state index is 13.2. The fraction of sp³-hybridized carbons (Fsp3) is 0.261. The molecule has 4 rings (SSSR count). The van der Waals surface area contributed by atoms with Gasteiger partial charge >= 0.3 is 0 Å². The van der Waals surface area contributed by atoms with Crippen LogP contribution in [-0.4, -0.2) is 28.0 Å². The molecular formula is C23H23N3O2. The number of fused-ring (bicyclic) bond motifs is 1. The van der Waals surface area contributed by atoms with Crippen LogP contribution in [0.5, 0.6) is 0 Å². The average molecular weight is 373 g/mol. The Morgan fingerprint density at radius 1 is 0.964 bits per heavy atom. The number of anilines is 1. The molecule has 28 heavy (non-hydrogen) atoms. The summed E-state index contributed by atoms with van der Waals surface area (Å²) < 4.78 is 1.73. The van der Waals surface area contributed by atoms with Gasteiger partial charge in [0.05, 0.1) is 28.3 Å². The van der Waals surface area contributed by atoms with E-state index >= 15 is 0 Å². The number of nitrogens with zero attached hydrogens (tertiary/aromatic N) is 3. The van der Waals surface area contributed by atoms with Gasteiger partial charge < -0.3 is 4.90 Å². The number of hydrogen-bond acceptors (Lipinski definition) is 3. The van der Waals surface area contributed by atoms with Crippen LogP contribution < -0.4 is 4.90 Å². The second-order valence-corrected chi connectivity index (χ2v) is 7.27. The van der Waals surface area contributed by atoms with Crippen LogP contribution in [0.1, 0.15) is 39.3 Å². The number of ketones is 1. The molecule has 2 heterocycles. The topological polar surface area (TPSA) is 55.2 Å². The van der Waals surface area contributed by atoms with E-state index in [-0.39, 0.29) is 0 Å². The first-order valence-electron chi connectivity index (χ1n) is 9.55. The lowest BCUT2D eigenvalue weighted by molar-refractivity contribution is -0.114. The third-order valence-electron chi connectivity index (χ3n) is 5.38. The van der Waals surface area contributed by atoms with Crippen molar-refractivity contribution < 1.29 is 9.59 Å².